The lowest BCUT2D eigenvalue weighted by atomic mass is 10.0. The van der Waals surface area contributed by atoms with Crippen molar-refractivity contribution < 1.29 is 4.74 Å². The Morgan fingerprint density at radius 2 is 1.57 bits per heavy atom. The van der Waals surface area contributed by atoms with Gasteiger partial charge in [-0.25, -0.2) is 0 Å². The summed E-state index contributed by atoms with van der Waals surface area (Å²) in [6, 6.07) is 2.15. The molecule has 0 unspecified atom stereocenters. The van der Waals surface area contributed by atoms with Crippen molar-refractivity contribution in [1.82, 2.24) is 0 Å². The molecule has 0 bridgehead atoms. The maximum Gasteiger partial charge on any atom is 0.186 e. The molecule has 0 radical (unpaired) electrons. The molecule has 0 N–H and O–H groups in total. The minimum Gasteiger partial charge on any atom is -0.445 e. The van der Waals surface area contributed by atoms with Crippen molar-refractivity contribution in [2.24, 2.45) is 0 Å². The summed E-state index contributed by atoms with van der Waals surface area (Å²) in [6.45, 7) is 11.7. The van der Waals surface area contributed by atoms with E-state index in [0.717, 1.165) is 16.9 Å². The monoisotopic (exact) mass is 210 g/mol. The van der Waals surface area contributed by atoms with Gasteiger partial charge in [0.2, 0.25) is 0 Å². The van der Waals surface area contributed by atoms with E-state index in [1.807, 2.05) is 13.8 Å². The number of hydrogen-bond acceptors (Lipinski definition) is 1. The minimum atomic E-state index is 0.209. The Morgan fingerprint density at radius 3 is 1.93 bits per heavy atom. The SMILES string of the molecule is C=C(Cl)Oc1c(C)c(C)cc(C)c1C. The quantitative estimate of drug-likeness (QED) is 0.671. The highest BCUT2D eigenvalue weighted by Gasteiger charge is 2.09. The minimum absolute atomic E-state index is 0.209. The molecule has 1 aromatic rings. The fraction of sp³-hybridized carbons (Fsp3) is 0.333. The molecule has 0 aliphatic carbocycles. The van der Waals surface area contributed by atoms with E-state index in [0.29, 0.717) is 0 Å². The summed E-state index contributed by atoms with van der Waals surface area (Å²) >= 11 is 5.64. The summed E-state index contributed by atoms with van der Waals surface area (Å²) in [5, 5.41) is 0.209. The van der Waals surface area contributed by atoms with Crippen molar-refractivity contribution in [3.63, 3.8) is 0 Å². The van der Waals surface area contributed by atoms with Crippen molar-refractivity contribution in [1.29, 1.82) is 0 Å². The van der Waals surface area contributed by atoms with Gasteiger partial charge in [-0.3, -0.25) is 0 Å². The molecule has 0 aliphatic heterocycles. The van der Waals surface area contributed by atoms with Crippen molar-refractivity contribution in [3.8, 4) is 5.75 Å². The molecule has 0 spiro atoms. The second-order valence-electron chi connectivity index (χ2n) is 3.55. The van der Waals surface area contributed by atoms with Crippen LogP contribution < -0.4 is 4.74 Å². The summed E-state index contributed by atoms with van der Waals surface area (Å²) in [5.41, 5.74) is 4.66. The molecule has 0 saturated heterocycles. The first kappa shape index (κ1) is 11.1. The molecule has 14 heavy (non-hydrogen) atoms. The summed E-state index contributed by atoms with van der Waals surface area (Å²) in [5.74, 6) is 0.836. The van der Waals surface area contributed by atoms with Gasteiger partial charge in [-0.15, -0.1) is 0 Å². The molecule has 0 aliphatic rings. The predicted octanol–water partition coefficient (Wildman–Crippen LogP) is 4.01. The molecule has 1 aromatic carbocycles. The number of halogens is 1. The molecule has 0 saturated carbocycles. The van der Waals surface area contributed by atoms with Crippen LogP contribution in [0.4, 0.5) is 0 Å². The van der Waals surface area contributed by atoms with Crippen LogP contribution in [0.1, 0.15) is 22.3 Å². The standard InChI is InChI=1S/C12H15ClO/c1-7-6-8(2)10(4)12(9(7)3)14-11(5)13/h6H,5H2,1-4H3. The first-order chi connectivity index (χ1) is 6.43. The van der Waals surface area contributed by atoms with Gasteiger partial charge in [-0.05, 0) is 68.1 Å². The Morgan fingerprint density at radius 1 is 1.14 bits per heavy atom. The maximum atomic E-state index is 5.64. The summed E-state index contributed by atoms with van der Waals surface area (Å²) in [6.07, 6.45) is 0. The molecule has 0 fully saturated rings. The van der Waals surface area contributed by atoms with E-state index in [4.69, 9.17) is 16.3 Å². The van der Waals surface area contributed by atoms with E-state index in [1.165, 1.54) is 11.1 Å². The zero-order valence-electron chi connectivity index (χ0n) is 9.07. The molecule has 0 atom stereocenters. The molecule has 1 rings (SSSR count). The first-order valence-electron chi connectivity index (χ1n) is 4.53. The highest BCUT2D eigenvalue weighted by atomic mass is 35.5. The van der Waals surface area contributed by atoms with Crippen LogP contribution >= 0.6 is 11.6 Å². The second-order valence-corrected chi connectivity index (χ2v) is 3.97. The highest BCUT2D eigenvalue weighted by Crippen LogP contribution is 2.30. The third-order valence-electron chi connectivity index (χ3n) is 2.51. The largest absolute Gasteiger partial charge is 0.445 e. The van der Waals surface area contributed by atoms with Crippen molar-refractivity contribution >= 4 is 11.6 Å². The average molecular weight is 211 g/mol. The van der Waals surface area contributed by atoms with Crippen LogP contribution in [0.15, 0.2) is 17.9 Å². The van der Waals surface area contributed by atoms with Crippen LogP contribution in [0.2, 0.25) is 0 Å². The molecule has 0 amide bonds. The first-order valence-corrected chi connectivity index (χ1v) is 4.91. The Bertz CT molecular complexity index is 354. The number of rotatable bonds is 2. The molecule has 1 nitrogen and oxygen atoms in total. The summed E-state index contributed by atoms with van der Waals surface area (Å²) in [4.78, 5) is 0. The Kier molecular flexibility index (Phi) is 3.22. The van der Waals surface area contributed by atoms with Gasteiger partial charge < -0.3 is 4.74 Å². The van der Waals surface area contributed by atoms with Crippen LogP contribution in [0, 0.1) is 27.7 Å². The highest BCUT2D eigenvalue weighted by molar-refractivity contribution is 6.28. The van der Waals surface area contributed by atoms with Gasteiger partial charge in [-0.2, -0.15) is 0 Å². The van der Waals surface area contributed by atoms with E-state index < -0.39 is 0 Å². The molecule has 2 heteroatoms. The topological polar surface area (TPSA) is 9.23 Å². The lowest BCUT2D eigenvalue weighted by Crippen LogP contribution is -1.97. The van der Waals surface area contributed by atoms with E-state index in [9.17, 15) is 0 Å². The van der Waals surface area contributed by atoms with Gasteiger partial charge in [0.05, 0.1) is 0 Å². The summed E-state index contributed by atoms with van der Waals surface area (Å²) < 4.78 is 5.41. The van der Waals surface area contributed by atoms with Crippen LogP contribution in [-0.4, -0.2) is 0 Å². The third kappa shape index (κ3) is 2.10. The van der Waals surface area contributed by atoms with E-state index in [-0.39, 0.29) is 5.22 Å². The van der Waals surface area contributed by atoms with Crippen LogP contribution in [0.25, 0.3) is 0 Å². The Balaban J connectivity index is 3.31. The normalized spacial score (nSPS) is 10.1. The van der Waals surface area contributed by atoms with Gasteiger partial charge in [0.1, 0.15) is 5.75 Å². The predicted molar refractivity (Wildman–Crippen MR) is 61.0 cm³/mol. The van der Waals surface area contributed by atoms with Gasteiger partial charge in [-0.1, -0.05) is 6.07 Å². The van der Waals surface area contributed by atoms with E-state index in [2.05, 4.69) is 26.5 Å². The van der Waals surface area contributed by atoms with Crippen LogP contribution in [-0.2, 0) is 0 Å². The molecular weight excluding hydrogens is 196 g/mol. The Labute approximate surface area is 90.3 Å². The third-order valence-corrected chi connectivity index (χ3v) is 2.59. The average Bonchev–Trinajstić information content (AvgIpc) is 2.09. The fourth-order valence-electron chi connectivity index (χ4n) is 1.44. The van der Waals surface area contributed by atoms with Crippen molar-refractivity contribution in [3.05, 3.63) is 40.1 Å². The van der Waals surface area contributed by atoms with Gasteiger partial charge in [0, 0.05) is 0 Å². The molecule has 76 valence electrons. The van der Waals surface area contributed by atoms with E-state index in [1.54, 1.807) is 0 Å². The van der Waals surface area contributed by atoms with E-state index >= 15 is 0 Å². The molecular formula is C12H15ClO. The second kappa shape index (κ2) is 4.05. The zero-order valence-corrected chi connectivity index (χ0v) is 9.83. The van der Waals surface area contributed by atoms with Gasteiger partial charge >= 0.3 is 0 Å². The Hall–Kier alpha value is -0.950. The van der Waals surface area contributed by atoms with Crippen molar-refractivity contribution in [2.45, 2.75) is 27.7 Å². The van der Waals surface area contributed by atoms with Gasteiger partial charge in [0.25, 0.3) is 0 Å². The summed E-state index contributed by atoms with van der Waals surface area (Å²) in [7, 11) is 0. The maximum absolute atomic E-state index is 5.64. The molecule has 0 aromatic heterocycles. The molecule has 0 heterocycles. The smallest absolute Gasteiger partial charge is 0.186 e. The number of aryl methyl sites for hydroxylation is 2. The lowest BCUT2D eigenvalue weighted by Gasteiger charge is -2.14. The number of hydrogen-bond donors (Lipinski definition) is 0. The fourth-order valence-corrected chi connectivity index (χ4v) is 1.52. The zero-order chi connectivity index (χ0) is 10.9. The van der Waals surface area contributed by atoms with Gasteiger partial charge in [0.15, 0.2) is 5.22 Å². The lowest BCUT2D eigenvalue weighted by molar-refractivity contribution is 0.456. The van der Waals surface area contributed by atoms with Crippen LogP contribution in [0.3, 0.4) is 0 Å². The van der Waals surface area contributed by atoms with Crippen LogP contribution in [0.5, 0.6) is 5.75 Å². The number of benzene rings is 1. The van der Waals surface area contributed by atoms with Crippen molar-refractivity contribution in [2.75, 3.05) is 0 Å². The number of ether oxygens (including phenoxy) is 1.